The van der Waals surface area contributed by atoms with Crippen molar-refractivity contribution >= 4 is 40.7 Å². The predicted octanol–water partition coefficient (Wildman–Crippen LogP) is 4.99. The van der Waals surface area contributed by atoms with Gasteiger partial charge in [-0.1, -0.05) is 42.3 Å². The third-order valence-electron chi connectivity index (χ3n) is 6.86. The monoisotopic (exact) mass is 570 g/mol. The Hall–Kier alpha value is -3.17. The van der Waals surface area contributed by atoms with Gasteiger partial charge in [-0.3, -0.25) is 19.5 Å². The molecule has 1 aromatic heterocycles. The summed E-state index contributed by atoms with van der Waals surface area (Å²) in [6.45, 7) is 5.01. The van der Waals surface area contributed by atoms with E-state index >= 15 is 0 Å². The van der Waals surface area contributed by atoms with Crippen molar-refractivity contribution in [1.29, 1.82) is 0 Å². The smallest absolute Gasteiger partial charge is 0.258 e. The Bertz CT molecular complexity index is 1300. The van der Waals surface area contributed by atoms with Crippen LogP contribution in [0.25, 0.3) is 0 Å². The molecule has 0 radical (unpaired) electrons. The molecular weight excluding hydrogens is 539 g/mol. The van der Waals surface area contributed by atoms with Crippen molar-refractivity contribution in [3.05, 3.63) is 87.7 Å². The number of aliphatic hydroxyl groups excluding tert-OH is 1. The van der Waals surface area contributed by atoms with Gasteiger partial charge in [0.25, 0.3) is 11.8 Å². The highest BCUT2D eigenvalue weighted by Gasteiger charge is 2.34. The van der Waals surface area contributed by atoms with Crippen molar-refractivity contribution in [2.45, 2.75) is 32.5 Å². The van der Waals surface area contributed by atoms with Crippen LogP contribution in [0.3, 0.4) is 0 Å². The summed E-state index contributed by atoms with van der Waals surface area (Å²) in [5.41, 5.74) is 1.95. The summed E-state index contributed by atoms with van der Waals surface area (Å²) in [5, 5.41) is 14.0. The number of likely N-dealkylation sites (N-methyl/N-ethyl adjacent to an activating group) is 1. The Kier molecular flexibility index (Phi) is 9.45. The lowest BCUT2D eigenvalue weighted by molar-refractivity contribution is 0.0343. The van der Waals surface area contributed by atoms with E-state index < -0.39 is 6.04 Å². The number of para-hydroxylation sites is 1. The molecule has 8 nitrogen and oxygen atoms in total. The highest BCUT2D eigenvalue weighted by Crippen LogP contribution is 2.35. The van der Waals surface area contributed by atoms with Gasteiger partial charge in [0.1, 0.15) is 6.10 Å². The van der Waals surface area contributed by atoms with E-state index in [9.17, 15) is 14.7 Å². The number of hydrogen-bond acceptors (Lipinski definition) is 6. The molecule has 206 valence electrons. The fourth-order valence-corrected chi connectivity index (χ4v) is 5.10. The molecule has 39 heavy (non-hydrogen) atoms. The van der Waals surface area contributed by atoms with E-state index in [1.54, 1.807) is 53.4 Å². The van der Waals surface area contributed by atoms with Crippen LogP contribution in [0.4, 0.5) is 5.69 Å². The number of nitrogens with zero attached hydrogens (tertiary/aromatic N) is 3. The first-order valence-electron chi connectivity index (χ1n) is 12.7. The number of ether oxygens (including phenoxy) is 1. The first kappa shape index (κ1) is 28.8. The van der Waals surface area contributed by atoms with E-state index in [4.69, 9.17) is 27.9 Å². The minimum atomic E-state index is -0.402. The van der Waals surface area contributed by atoms with Crippen LogP contribution in [0.15, 0.2) is 60.9 Å². The van der Waals surface area contributed by atoms with Gasteiger partial charge in [0.2, 0.25) is 0 Å². The Balaban J connectivity index is 1.68. The molecule has 2 N–H and O–H groups in total. The molecule has 0 aliphatic carbocycles. The fraction of sp³-hybridized carbons (Fsp3) is 0.345. The van der Waals surface area contributed by atoms with E-state index in [1.807, 2.05) is 20.9 Å². The Morgan fingerprint density at radius 3 is 2.51 bits per heavy atom. The molecule has 0 fully saturated rings. The van der Waals surface area contributed by atoms with Crippen LogP contribution >= 0.6 is 23.2 Å². The van der Waals surface area contributed by atoms with Crippen LogP contribution < -0.4 is 10.1 Å². The molecule has 0 saturated heterocycles. The predicted molar refractivity (Wildman–Crippen MR) is 153 cm³/mol. The lowest BCUT2D eigenvalue weighted by Crippen LogP contribution is -2.49. The highest BCUT2D eigenvalue weighted by molar-refractivity contribution is 6.36. The number of rotatable bonds is 8. The lowest BCUT2D eigenvalue weighted by atomic mass is 9.98. The number of anilines is 1. The molecule has 0 saturated carbocycles. The third kappa shape index (κ3) is 6.70. The van der Waals surface area contributed by atoms with Crippen LogP contribution in [0.5, 0.6) is 5.75 Å². The number of nitrogens with one attached hydrogen (secondary N) is 1. The molecule has 0 bridgehead atoms. The van der Waals surface area contributed by atoms with E-state index in [1.165, 1.54) is 12.4 Å². The van der Waals surface area contributed by atoms with Gasteiger partial charge >= 0.3 is 0 Å². The molecule has 3 aromatic rings. The maximum Gasteiger partial charge on any atom is 0.258 e. The van der Waals surface area contributed by atoms with Crippen molar-refractivity contribution in [1.82, 2.24) is 14.8 Å². The molecule has 10 heteroatoms. The molecule has 1 aliphatic rings. The Labute approximate surface area is 238 Å². The number of fused-ring (bicyclic) bond motifs is 1. The third-order valence-corrected chi connectivity index (χ3v) is 7.57. The summed E-state index contributed by atoms with van der Waals surface area (Å²) in [7, 11) is 1.95. The number of carbonyl (C=O) groups is 2. The van der Waals surface area contributed by atoms with Crippen molar-refractivity contribution < 1.29 is 19.4 Å². The molecule has 1 aliphatic heterocycles. The van der Waals surface area contributed by atoms with Crippen LogP contribution in [-0.2, 0) is 6.54 Å². The molecule has 4 rings (SSSR count). The fourth-order valence-electron chi connectivity index (χ4n) is 4.58. The lowest BCUT2D eigenvalue weighted by Gasteiger charge is -2.38. The van der Waals surface area contributed by atoms with Crippen molar-refractivity contribution in [3.63, 3.8) is 0 Å². The maximum absolute atomic E-state index is 13.7. The zero-order valence-corrected chi connectivity index (χ0v) is 23.6. The highest BCUT2D eigenvalue weighted by atomic mass is 35.5. The van der Waals surface area contributed by atoms with Crippen LogP contribution in [0.1, 0.15) is 40.1 Å². The SMILES string of the molecule is C[C@H]1CN([C@@H](C)CO)C(=O)c2cccc(NC(=O)c3ccncc3)c2O[C@@H]1CN(C)Cc1c(Cl)cccc1Cl. The second-order valence-electron chi connectivity index (χ2n) is 9.89. The van der Waals surface area contributed by atoms with E-state index in [-0.39, 0.29) is 30.4 Å². The van der Waals surface area contributed by atoms with Gasteiger partial charge < -0.3 is 20.1 Å². The van der Waals surface area contributed by atoms with Gasteiger partial charge in [-0.05, 0) is 50.4 Å². The Morgan fingerprint density at radius 2 is 1.85 bits per heavy atom. The average Bonchev–Trinajstić information content (AvgIpc) is 2.93. The topological polar surface area (TPSA) is 95.0 Å². The van der Waals surface area contributed by atoms with Gasteiger partial charge in [0.15, 0.2) is 5.75 Å². The number of halogens is 2. The summed E-state index contributed by atoms with van der Waals surface area (Å²) in [6, 6.07) is 13.3. The Morgan fingerprint density at radius 1 is 1.18 bits per heavy atom. The zero-order chi connectivity index (χ0) is 28.1. The zero-order valence-electron chi connectivity index (χ0n) is 22.1. The standard InChI is InChI=1S/C29H32Cl2N4O4/c1-18-14-35(19(2)17-36)29(38)21-6-4-9-25(33-28(37)20-10-12-32-13-11-20)27(21)39-26(18)16-34(3)15-22-23(30)7-5-8-24(22)31/h4-13,18-19,26,36H,14-17H2,1-3H3,(H,33,37)/t18-,19-,26+/m0/s1. The number of pyridine rings is 1. The number of benzene rings is 2. The summed E-state index contributed by atoms with van der Waals surface area (Å²) >= 11 is 12.8. The molecule has 2 aromatic carbocycles. The van der Waals surface area contributed by atoms with Crippen LogP contribution in [-0.4, -0.2) is 70.6 Å². The second kappa shape index (κ2) is 12.8. The maximum atomic E-state index is 13.7. The number of aliphatic hydroxyl groups is 1. The quantitative estimate of drug-likeness (QED) is 0.396. The van der Waals surface area contributed by atoms with Crippen molar-refractivity contribution in [2.75, 3.05) is 32.1 Å². The molecule has 3 atom stereocenters. The van der Waals surface area contributed by atoms with Gasteiger partial charge in [0.05, 0.1) is 23.9 Å². The minimum absolute atomic E-state index is 0.107. The first-order chi connectivity index (χ1) is 18.7. The summed E-state index contributed by atoms with van der Waals surface area (Å²) in [5.74, 6) is -0.433. The van der Waals surface area contributed by atoms with Crippen LogP contribution in [0.2, 0.25) is 10.0 Å². The normalized spacial score (nSPS) is 18.1. The largest absolute Gasteiger partial charge is 0.486 e. The summed E-state index contributed by atoms with van der Waals surface area (Å²) < 4.78 is 6.57. The van der Waals surface area contributed by atoms with E-state index in [0.717, 1.165) is 5.56 Å². The second-order valence-corrected chi connectivity index (χ2v) is 10.7. The summed E-state index contributed by atoms with van der Waals surface area (Å²) in [6.07, 6.45) is 2.71. The van der Waals surface area contributed by atoms with E-state index in [2.05, 4.69) is 15.2 Å². The van der Waals surface area contributed by atoms with Crippen molar-refractivity contribution in [2.24, 2.45) is 5.92 Å². The minimum Gasteiger partial charge on any atom is -0.486 e. The molecular formula is C29H32Cl2N4O4. The number of aromatic nitrogens is 1. The molecule has 2 amide bonds. The van der Waals surface area contributed by atoms with Crippen LogP contribution in [0, 0.1) is 5.92 Å². The van der Waals surface area contributed by atoms with E-state index in [0.29, 0.717) is 52.2 Å². The number of carbonyl (C=O) groups excluding carboxylic acids is 2. The van der Waals surface area contributed by atoms with Gasteiger partial charge in [-0.25, -0.2) is 0 Å². The summed E-state index contributed by atoms with van der Waals surface area (Å²) in [4.78, 5) is 34.3. The average molecular weight is 572 g/mol. The number of amides is 2. The van der Waals surface area contributed by atoms with Gasteiger partial charge in [-0.15, -0.1) is 0 Å². The molecule has 0 spiro atoms. The number of hydrogen-bond donors (Lipinski definition) is 2. The first-order valence-corrected chi connectivity index (χ1v) is 13.5. The van der Waals surface area contributed by atoms with Crippen molar-refractivity contribution in [3.8, 4) is 5.75 Å². The van der Waals surface area contributed by atoms with Gasteiger partial charge in [-0.2, -0.15) is 0 Å². The molecule has 0 unspecified atom stereocenters. The van der Waals surface area contributed by atoms with Gasteiger partial charge in [0, 0.05) is 59.1 Å². The molecule has 2 heterocycles.